The van der Waals surface area contributed by atoms with Crippen LogP contribution in [-0.4, -0.2) is 32.9 Å². The molecule has 0 fully saturated rings. The Hall–Kier alpha value is -1.39. The van der Waals surface area contributed by atoms with E-state index in [1.54, 1.807) is 0 Å². The Morgan fingerprint density at radius 2 is 1.94 bits per heavy atom. The second kappa shape index (κ2) is 7.84. The molecular formula is C12H16O4. The van der Waals surface area contributed by atoms with Gasteiger partial charge in [0.05, 0.1) is 13.2 Å². The number of ether oxygens (including phenoxy) is 3. The molecule has 4 heteroatoms. The van der Waals surface area contributed by atoms with Crippen LogP contribution in [0.15, 0.2) is 30.3 Å². The highest BCUT2D eigenvalue weighted by atomic mass is 16.6. The van der Waals surface area contributed by atoms with Crippen molar-refractivity contribution in [2.75, 3.05) is 26.9 Å². The quantitative estimate of drug-likeness (QED) is 0.518. The van der Waals surface area contributed by atoms with Gasteiger partial charge in [-0.25, -0.2) is 4.79 Å². The zero-order valence-corrected chi connectivity index (χ0v) is 9.35. The lowest BCUT2D eigenvalue weighted by Crippen LogP contribution is -2.14. The Balaban J connectivity index is 2.02. The van der Waals surface area contributed by atoms with Crippen LogP contribution in [0.5, 0.6) is 0 Å². The average Bonchev–Trinajstić information content (AvgIpc) is 2.30. The minimum Gasteiger partial charge on any atom is -0.462 e. The Kier molecular flexibility index (Phi) is 6.22. The zero-order chi connectivity index (χ0) is 11.6. The van der Waals surface area contributed by atoms with Crippen molar-refractivity contribution in [3.63, 3.8) is 0 Å². The number of rotatable bonds is 7. The Morgan fingerprint density at radius 1 is 1.19 bits per heavy atom. The first-order chi connectivity index (χ1) is 7.83. The summed E-state index contributed by atoms with van der Waals surface area (Å²) in [6.07, 6.45) is 0. The van der Waals surface area contributed by atoms with E-state index in [1.807, 2.05) is 30.3 Å². The van der Waals surface area contributed by atoms with Crippen LogP contribution < -0.4 is 0 Å². The molecule has 0 aliphatic carbocycles. The number of hydrogen-bond acceptors (Lipinski definition) is 4. The lowest BCUT2D eigenvalue weighted by Gasteiger charge is -2.05. The van der Waals surface area contributed by atoms with Gasteiger partial charge in [0.1, 0.15) is 13.2 Å². The Labute approximate surface area is 95.1 Å². The molecule has 0 unspecified atom stereocenters. The molecule has 0 aromatic heterocycles. The van der Waals surface area contributed by atoms with E-state index >= 15 is 0 Å². The molecule has 4 nitrogen and oxygen atoms in total. The molecule has 1 aromatic carbocycles. The molecule has 0 aliphatic heterocycles. The third-order valence-corrected chi connectivity index (χ3v) is 1.86. The molecular weight excluding hydrogens is 208 g/mol. The normalized spacial score (nSPS) is 10.1. The van der Waals surface area contributed by atoms with Crippen molar-refractivity contribution in [1.29, 1.82) is 0 Å². The minimum absolute atomic E-state index is 0.0152. The summed E-state index contributed by atoms with van der Waals surface area (Å²) in [4.78, 5) is 10.9. The van der Waals surface area contributed by atoms with E-state index in [2.05, 4.69) is 4.74 Å². The lowest BCUT2D eigenvalue weighted by atomic mass is 10.2. The molecule has 88 valence electrons. The molecule has 0 bridgehead atoms. The van der Waals surface area contributed by atoms with E-state index in [0.717, 1.165) is 5.56 Å². The van der Waals surface area contributed by atoms with Crippen molar-refractivity contribution in [1.82, 2.24) is 0 Å². The van der Waals surface area contributed by atoms with Gasteiger partial charge in [-0.15, -0.1) is 0 Å². The predicted octanol–water partition coefficient (Wildman–Crippen LogP) is 1.39. The summed E-state index contributed by atoms with van der Waals surface area (Å²) in [5.74, 6) is -0.370. The number of benzene rings is 1. The average molecular weight is 224 g/mol. The van der Waals surface area contributed by atoms with E-state index in [0.29, 0.717) is 13.2 Å². The Morgan fingerprint density at radius 3 is 2.62 bits per heavy atom. The van der Waals surface area contributed by atoms with Crippen molar-refractivity contribution >= 4 is 5.97 Å². The highest BCUT2D eigenvalue weighted by Gasteiger charge is 2.00. The van der Waals surface area contributed by atoms with Crippen molar-refractivity contribution in [3.05, 3.63) is 35.9 Å². The van der Waals surface area contributed by atoms with E-state index in [9.17, 15) is 4.79 Å². The van der Waals surface area contributed by atoms with Crippen molar-refractivity contribution in [2.45, 2.75) is 6.61 Å². The van der Waals surface area contributed by atoms with Gasteiger partial charge in [-0.1, -0.05) is 30.3 Å². The van der Waals surface area contributed by atoms with Crippen LogP contribution in [0.3, 0.4) is 0 Å². The SMILES string of the molecule is COCC(=O)OCCOCc1ccccc1. The summed E-state index contributed by atoms with van der Waals surface area (Å²) in [5.41, 5.74) is 1.10. The molecule has 0 radical (unpaired) electrons. The minimum atomic E-state index is -0.370. The molecule has 0 saturated heterocycles. The van der Waals surface area contributed by atoms with Crippen LogP contribution in [0.2, 0.25) is 0 Å². The summed E-state index contributed by atoms with van der Waals surface area (Å²) in [6.45, 7) is 1.17. The molecule has 1 rings (SSSR count). The molecule has 0 spiro atoms. The summed E-state index contributed by atoms with van der Waals surface area (Å²) in [6, 6.07) is 9.83. The van der Waals surface area contributed by atoms with Gasteiger partial charge in [-0.2, -0.15) is 0 Å². The van der Waals surface area contributed by atoms with Gasteiger partial charge < -0.3 is 14.2 Å². The molecule has 0 atom stereocenters. The molecule has 0 aliphatic rings. The summed E-state index contributed by atoms with van der Waals surface area (Å²) < 4.78 is 14.8. The fourth-order valence-corrected chi connectivity index (χ4v) is 1.14. The number of carbonyl (C=O) groups excluding carboxylic acids is 1. The van der Waals surface area contributed by atoms with E-state index in [4.69, 9.17) is 9.47 Å². The number of methoxy groups -OCH3 is 1. The van der Waals surface area contributed by atoms with Crippen LogP contribution in [0.1, 0.15) is 5.56 Å². The van der Waals surface area contributed by atoms with Crippen molar-refractivity contribution in [3.8, 4) is 0 Å². The molecule has 0 heterocycles. The predicted molar refractivity (Wildman–Crippen MR) is 58.9 cm³/mol. The Bertz CT molecular complexity index is 297. The maximum Gasteiger partial charge on any atom is 0.332 e. The zero-order valence-electron chi connectivity index (χ0n) is 9.35. The number of hydrogen-bond donors (Lipinski definition) is 0. The van der Waals surface area contributed by atoms with Gasteiger partial charge in [0.15, 0.2) is 0 Å². The first-order valence-corrected chi connectivity index (χ1v) is 5.09. The topological polar surface area (TPSA) is 44.8 Å². The van der Waals surface area contributed by atoms with Crippen molar-refractivity contribution in [2.24, 2.45) is 0 Å². The number of carbonyl (C=O) groups is 1. The molecule has 16 heavy (non-hydrogen) atoms. The first-order valence-electron chi connectivity index (χ1n) is 5.09. The fraction of sp³-hybridized carbons (Fsp3) is 0.417. The maximum absolute atomic E-state index is 10.9. The third-order valence-electron chi connectivity index (χ3n) is 1.86. The molecule has 0 amide bonds. The van der Waals surface area contributed by atoms with Gasteiger partial charge in [-0.3, -0.25) is 0 Å². The van der Waals surface area contributed by atoms with Crippen molar-refractivity contribution < 1.29 is 19.0 Å². The first kappa shape index (κ1) is 12.7. The van der Waals surface area contributed by atoms with Gasteiger partial charge in [-0.05, 0) is 5.56 Å². The summed E-state index contributed by atoms with van der Waals surface area (Å²) in [5, 5.41) is 0. The number of esters is 1. The van der Waals surface area contributed by atoms with Gasteiger partial charge in [0.25, 0.3) is 0 Å². The smallest absolute Gasteiger partial charge is 0.332 e. The second-order valence-electron chi connectivity index (χ2n) is 3.19. The monoisotopic (exact) mass is 224 g/mol. The summed E-state index contributed by atoms with van der Waals surface area (Å²) >= 11 is 0. The van der Waals surface area contributed by atoms with Gasteiger partial charge in [0, 0.05) is 7.11 Å². The largest absolute Gasteiger partial charge is 0.462 e. The molecule has 0 N–H and O–H groups in total. The van der Waals surface area contributed by atoms with E-state index in [1.165, 1.54) is 7.11 Å². The third kappa shape index (κ3) is 5.48. The fourth-order valence-electron chi connectivity index (χ4n) is 1.14. The second-order valence-corrected chi connectivity index (χ2v) is 3.19. The van der Waals surface area contributed by atoms with E-state index in [-0.39, 0.29) is 19.2 Å². The molecule has 0 saturated carbocycles. The lowest BCUT2D eigenvalue weighted by molar-refractivity contribution is -0.149. The highest BCUT2D eigenvalue weighted by Crippen LogP contribution is 1.99. The van der Waals surface area contributed by atoms with Crippen LogP contribution in [-0.2, 0) is 25.6 Å². The van der Waals surface area contributed by atoms with Crippen LogP contribution in [0.4, 0.5) is 0 Å². The maximum atomic E-state index is 10.9. The van der Waals surface area contributed by atoms with Gasteiger partial charge >= 0.3 is 5.97 Å². The van der Waals surface area contributed by atoms with Crippen LogP contribution in [0.25, 0.3) is 0 Å². The van der Waals surface area contributed by atoms with Crippen LogP contribution in [0, 0.1) is 0 Å². The highest BCUT2D eigenvalue weighted by molar-refractivity contribution is 5.70. The van der Waals surface area contributed by atoms with Crippen LogP contribution >= 0.6 is 0 Å². The van der Waals surface area contributed by atoms with E-state index < -0.39 is 0 Å². The molecule has 1 aromatic rings. The van der Waals surface area contributed by atoms with Gasteiger partial charge in [0.2, 0.25) is 0 Å². The standard InChI is InChI=1S/C12H16O4/c1-14-10-12(13)16-8-7-15-9-11-5-3-2-4-6-11/h2-6H,7-10H2,1H3. The summed E-state index contributed by atoms with van der Waals surface area (Å²) in [7, 11) is 1.45.